The first-order valence-corrected chi connectivity index (χ1v) is 11.5. The van der Waals surface area contributed by atoms with Crippen molar-refractivity contribution in [2.24, 2.45) is 7.05 Å². The molecule has 35 heavy (non-hydrogen) atoms. The number of nitrogens with zero attached hydrogens (tertiary/aromatic N) is 9. The number of aromatic nitrogens is 7. The highest BCUT2D eigenvalue weighted by atomic mass is 19.1. The van der Waals surface area contributed by atoms with E-state index in [9.17, 15) is 4.39 Å². The summed E-state index contributed by atoms with van der Waals surface area (Å²) in [7, 11) is 1.91. The van der Waals surface area contributed by atoms with Crippen molar-refractivity contribution >= 4 is 17.3 Å². The monoisotopic (exact) mass is 469 g/mol. The quantitative estimate of drug-likeness (QED) is 0.392. The zero-order valence-corrected chi connectivity index (χ0v) is 19.3. The molecule has 0 bridgehead atoms. The molecule has 5 heterocycles. The van der Waals surface area contributed by atoms with Gasteiger partial charge < -0.3 is 9.80 Å². The highest BCUT2D eigenvalue weighted by Gasteiger charge is 2.22. The normalized spacial score (nSPS) is 14.1. The maximum atomic E-state index is 13.9. The molecule has 0 radical (unpaired) electrons. The lowest BCUT2D eigenvalue weighted by Crippen LogP contribution is -2.47. The molecule has 1 fully saturated rings. The van der Waals surface area contributed by atoms with Crippen molar-refractivity contribution in [2.45, 2.75) is 6.42 Å². The minimum atomic E-state index is -0.206. The molecule has 1 aromatic carbocycles. The first kappa shape index (κ1) is 21.2. The number of hydrogen-bond donors (Lipinski definition) is 0. The predicted octanol–water partition coefficient (Wildman–Crippen LogP) is 2.98. The topological polar surface area (TPSA) is 80.3 Å². The Morgan fingerprint density at radius 1 is 0.857 bits per heavy atom. The Morgan fingerprint density at radius 2 is 1.63 bits per heavy atom. The second-order valence-corrected chi connectivity index (χ2v) is 8.68. The van der Waals surface area contributed by atoms with E-state index in [-0.39, 0.29) is 5.82 Å². The van der Waals surface area contributed by atoms with Crippen LogP contribution >= 0.6 is 0 Å². The Hall–Kier alpha value is -4.34. The summed E-state index contributed by atoms with van der Waals surface area (Å²) in [6.45, 7) is 3.14. The van der Waals surface area contributed by atoms with E-state index in [4.69, 9.17) is 0 Å². The summed E-state index contributed by atoms with van der Waals surface area (Å²) in [6, 6.07) is 8.91. The molecule has 0 saturated carbocycles. The number of piperazine rings is 1. The fraction of sp³-hybridized carbons (Fsp3) is 0.240. The lowest BCUT2D eigenvalue weighted by Gasteiger charge is -2.35. The van der Waals surface area contributed by atoms with Gasteiger partial charge in [-0.05, 0) is 23.3 Å². The van der Waals surface area contributed by atoms with Crippen molar-refractivity contribution in [1.82, 2.24) is 34.3 Å². The molecule has 5 aromatic rings. The standard InChI is InChI=1S/C25H24FN9/c1-32-15-21(14-30-32)20-11-23-24(29-17-31-35(23)16-20)33-6-8-34(9-7-33)25-27-12-18(13-28-25)10-19-4-2-3-5-22(19)26/h2-5,11-17H,6-10H2,1H3. The third-order valence-corrected chi connectivity index (χ3v) is 6.33. The summed E-state index contributed by atoms with van der Waals surface area (Å²) in [5.41, 5.74) is 4.60. The van der Waals surface area contributed by atoms with E-state index in [1.807, 2.05) is 36.2 Å². The van der Waals surface area contributed by atoms with Gasteiger partial charge in [-0.25, -0.2) is 23.9 Å². The van der Waals surface area contributed by atoms with Gasteiger partial charge in [0, 0.05) is 75.6 Å². The number of halogens is 1. The molecule has 6 rings (SSSR count). The Kier molecular flexibility index (Phi) is 5.32. The maximum Gasteiger partial charge on any atom is 0.225 e. The molecule has 176 valence electrons. The fourth-order valence-corrected chi connectivity index (χ4v) is 4.47. The molecule has 0 N–H and O–H groups in total. The van der Waals surface area contributed by atoms with Crippen LogP contribution in [0.5, 0.6) is 0 Å². The summed E-state index contributed by atoms with van der Waals surface area (Å²) in [5.74, 6) is 1.40. The minimum Gasteiger partial charge on any atom is -0.351 e. The molecule has 4 aromatic heterocycles. The van der Waals surface area contributed by atoms with Gasteiger partial charge in [0.15, 0.2) is 5.82 Å². The summed E-state index contributed by atoms with van der Waals surface area (Å²) < 4.78 is 17.6. The van der Waals surface area contributed by atoms with Crippen molar-refractivity contribution in [3.05, 3.63) is 84.6 Å². The fourth-order valence-electron chi connectivity index (χ4n) is 4.47. The van der Waals surface area contributed by atoms with Gasteiger partial charge in [-0.2, -0.15) is 10.2 Å². The van der Waals surface area contributed by atoms with Crippen molar-refractivity contribution < 1.29 is 4.39 Å². The van der Waals surface area contributed by atoms with Crippen LogP contribution in [0.4, 0.5) is 16.2 Å². The second-order valence-electron chi connectivity index (χ2n) is 8.68. The summed E-state index contributed by atoms with van der Waals surface area (Å²) >= 11 is 0. The summed E-state index contributed by atoms with van der Waals surface area (Å²) in [4.78, 5) is 18.1. The van der Waals surface area contributed by atoms with Crippen LogP contribution in [0.2, 0.25) is 0 Å². The first-order chi connectivity index (χ1) is 17.1. The second kappa shape index (κ2) is 8.79. The Balaban J connectivity index is 1.15. The molecule has 9 nitrogen and oxygen atoms in total. The van der Waals surface area contributed by atoms with E-state index in [0.29, 0.717) is 17.9 Å². The molecule has 0 atom stereocenters. The van der Waals surface area contributed by atoms with Crippen LogP contribution in [-0.4, -0.2) is 60.5 Å². The smallest absolute Gasteiger partial charge is 0.225 e. The van der Waals surface area contributed by atoms with E-state index >= 15 is 0 Å². The van der Waals surface area contributed by atoms with E-state index in [1.165, 1.54) is 6.07 Å². The molecule has 10 heteroatoms. The van der Waals surface area contributed by atoms with E-state index < -0.39 is 0 Å². The van der Waals surface area contributed by atoms with Crippen LogP contribution in [0.3, 0.4) is 0 Å². The van der Waals surface area contributed by atoms with Crippen LogP contribution in [0.15, 0.2) is 67.6 Å². The van der Waals surface area contributed by atoms with Crippen molar-refractivity contribution in [3.63, 3.8) is 0 Å². The summed E-state index contributed by atoms with van der Waals surface area (Å²) in [5, 5.41) is 8.66. The Bertz CT molecular complexity index is 1470. The molecule has 0 spiro atoms. The van der Waals surface area contributed by atoms with Crippen molar-refractivity contribution in [1.29, 1.82) is 0 Å². The molecule has 0 amide bonds. The van der Waals surface area contributed by atoms with Gasteiger partial charge in [0.2, 0.25) is 5.95 Å². The van der Waals surface area contributed by atoms with E-state index in [2.05, 4.69) is 41.0 Å². The van der Waals surface area contributed by atoms with Gasteiger partial charge in [-0.1, -0.05) is 18.2 Å². The number of benzene rings is 1. The highest BCUT2D eigenvalue weighted by Crippen LogP contribution is 2.27. The number of fused-ring (bicyclic) bond motifs is 1. The average molecular weight is 470 g/mol. The molecule has 0 aliphatic carbocycles. The Labute approximate surface area is 201 Å². The molecule has 1 aliphatic heterocycles. The van der Waals surface area contributed by atoms with Gasteiger partial charge in [-0.15, -0.1) is 0 Å². The number of anilines is 2. The third-order valence-electron chi connectivity index (χ3n) is 6.33. The molecular weight excluding hydrogens is 445 g/mol. The van der Waals surface area contributed by atoms with Crippen LogP contribution in [0, 0.1) is 5.82 Å². The van der Waals surface area contributed by atoms with Gasteiger partial charge in [0.1, 0.15) is 17.7 Å². The lowest BCUT2D eigenvalue weighted by atomic mass is 10.1. The lowest BCUT2D eigenvalue weighted by molar-refractivity contribution is 0.613. The van der Waals surface area contributed by atoms with Gasteiger partial charge in [-0.3, -0.25) is 4.68 Å². The van der Waals surface area contributed by atoms with E-state index in [1.54, 1.807) is 35.5 Å². The number of rotatable bonds is 5. The molecular formula is C25H24FN9. The molecule has 1 aliphatic rings. The minimum absolute atomic E-state index is 0.206. The third kappa shape index (κ3) is 4.18. The van der Waals surface area contributed by atoms with Crippen LogP contribution in [-0.2, 0) is 13.5 Å². The zero-order valence-electron chi connectivity index (χ0n) is 19.3. The first-order valence-electron chi connectivity index (χ1n) is 11.5. The van der Waals surface area contributed by atoms with Crippen molar-refractivity contribution in [2.75, 3.05) is 36.0 Å². The van der Waals surface area contributed by atoms with Crippen LogP contribution < -0.4 is 9.80 Å². The van der Waals surface area contributed by atoms with Gasteiger partial charge in [0.25, 0.3) is 0 Å². The number of aryl methyl sites for hydroxylation is 1. The van der Waals surface area contributed by atoms with Crippen LogP contribution in [0.25, 0.3) is 16.6 Å². The SMILES string of the molecule is Cn1cc(-c2cc3c(N4CCN(c5ncc(Cc6ccccc6F)cn5)CC4)ncnn3c2)cn1. The molecule has 0 unspecified atom stereocenters. The summed E-state index contributed by atoms with van der Waals surface area (Å²) in [6.07, 6.45) is 11.5. The largest absolute Gasteiger partial charge is 0.351 e. The van der Waals surface area contributed by atoms with Crippen molar-refractivity contribution in [3.8, 4) is 11.1 Å². The average Bonchev–Trinajstić information content (AvgIpc) is 3.52. The van der Waals surface area contributed by atoms with Gasteiger partial charge >= 0.3 is 0 Å². The Morgan fingerprint density at radius 3 is 2.37 bits per heavy atom. The predicted molar refractivity (Wildman–Crippen MR) is 131 cm³/mol. The highest BCUT2D eigenvalue weighted by molar-refractivity contribution is 5.77. The van der Waals surface area contributed by atoms with Crippen LogP contribution in [0.1, 0.15) is 11.1 Å². The van der Waals surface area contributed by atoms with Gasteiger partial charge in [0.05, 0.1) is 6.20 Å². The molecule has 1 saturated heterocycles. The maximum absolute atomic E-state index is 13.9. The number of hydrogen-bond acceptors (Lipinski definition) is 7. The van der Waals surface area contributed by atoms with E-state index in [0.717, 1.165) is 54.2 Å². The zero-order chi connectivity index (χ0) is 23.8.